The van der Waals surface area contributed by atoms with E-state index in [0.29, 0.717) is 0 Å². The Balaban J connectivity index is 1.29. The average molecular weight is 651 g/mol. The van der Waals surface area contributed by atoms with Gasteiger partial charge in [0.15, 0.2) is 0 Å². The predicted octanol–water partition coefficient (Wildman–Crippen LogP) is 12.4. The van der Waals surface area contributed by atoms with Crippen LogP contribution in [-0.4, -0.2) is 15.0 Å². The fraction of sp³-hybridized carbons (Fsp3) is 0. The van der Waals surface area contributed by atoms with Crippen molar-refractivity contribution in [2.45, 2.75) is 0 Å². The molecular weight excluding hydrogens is 621 g/mol. The van der Waals surface area contributed by atoms with Crippen molar-refractivity contribution in [3.8, 4) is 22.4 Å². The number of hydrogen-bond donors (Lipinski definition) is 0. The molecule has 0 N–H and O–H groups in total. The van der Waals surface area contributed by atoms with Crippen LogP contribution in [0, 0.1) is 0 Å². The van der Waals surface area contributed by atoms with Gasteiger partial charge in [-0.2, -0.15) is 0 Å². The van der Waals surface area contributed by atoms with E-state index < -0.39 is 0 Å². The molecule has 0 unspecified atom stereocenters. The van der Waals surface area contributed by atoms with Gasteiger partial charge in [-0.25, -0.2) is 4.98 Å². The van der Waals surface area contributed by atoms with Gasteiger partial charge in [-0.15, -0.1) is 0 Å². The Morgan fingerprint density at radius 1 is 0.392 bits per heavy atom. The number of benzene rings is 7. The molecule has 51 heavy (non-hydrogen) atoms. The van der Waals surface area contributed by atoms with Gasteiger partial charge in [-0.05, 0) is 76.5 Å². The Morgan fingerprint density at radius 3 is 1.86 bits per heavy atom. The maximum atomic E-state index is 5.39. The molecule has 0 atom stereocenters. The molecule has 3 heterocycles. The summed E-state index contributed by atoms with van der Waals surface area (Å²) in [5, 5.41) is 7.92. The van der Waals surface area contributed by atoms with E-state index in [1.165, 1.54) is 10.8 Å². The summed E-state index contributed by atoms with van der Waals surface area (Å²) in [6.45, 7) is 0. The zero-order valence-corrected chi connectivity index (χ0v) is 27.6. The highest BCUT2D eigenvalue weighted by atomic mass is 15.1. The molecule has 0 aliphatic carbocycles. The van der Waals surface area contributed by atoms with E-state index in [1.807, 2.05) is 18.5 Å². The Morgan fingerprint density at radius 2 is 1.08 bits per heavy atom. The highest BCUT2D eigenvalue weighted by molar-refractivity contribution is 6.27. The second kappa shape index (κ2) is 11.9. The van der Waals surface area contributed by atoms with Gasteiger partial charge in [-0.1, -0.05) is 115 Å². The molecule has 4 heteroatoms. The zero-order chi connectivity index (χ0) is 33.7. The number of para-hydroxylation sites is 2. The highest BCUT2D eigenvalue weighted by Crippen LogP contribution is 2.44. The maximum absolute atomic E-state index is 5.39. The zero-order valence-electron chi connectivity index (χ0n) is 27.6. The number of anilines is 3. The molecular formula is C47H30N4. The lowest BCUT2D eigenvalue weighted by molar-refractivity contribution is 1.29. The van der Waals surface area contributed by atoms with Gasteiger partial charge in [0.05, 0.1) is 22.2 Å². The quantitative estimate of drug-likeness (QED) is 0.174. The molecule has 3 aromatic heterocycles. The first-order valence-corrected chi connectivity index (χ1v) is 17.2. The predicted molar refractivity (Wildman–Crippen MR) is 213 cm³/mol. The van der Waals surface area contributed by atoms with Gasteiger partial charge in [0, 0.05) is 62.0 Å². The minimum Gasteiger partial charge on any atom is -0.310 e. The Hall–Kier alpha value is -6.91. The van der Waals surface area contributed by atoms with E-state index in [1.54, 1.807) is 0 Å². The van der Waals surface area contributed by atoms with Crippen LogP contribution in [0.4, 0.5) is 17.1 Å². The third-order valence-electron chi connectivity index (χ3n) is 9.89. The molecule has 10 aromatic rings. The Bertz CT molecular complexity index is 2870. The molecule has 0 bridgehead atoms. The van der Waals surface area contributed by atoms with Crippen molar-refractivity contribution >= 4 is 71.3 Å². The molecule has 4 nitrogen and oxygen atoms in total. The summed E-state index contributed by atoms with van der Waals surface area (Å²) in [6, 6.07) is 60.0. The van der Waals surface area contributed by atoms with Crippen LogP contribution in [0.1, 0.15) is 0 Å². The van der Waals surface area contributed by atoms with Crippen molar-refractivity contribution < 1.29 is 0 Å². The molecule has 0 radical (unpaired) electrons. The van der Waals surface area contributed by atoms with Crippen LogP contribution >= 0.6 is 0 Å². The van der Waals surface area contributed by atoms with Gasteiger partial charge >= 0.3 is 0 Å². The smallest absolute Gasteiger partial charge is 0.0970 e. The van der Waals surface area contributed by atoms with E-state index in [0.717, 1.165) is 82.9 Å². The number of pyridine rings is 3. The van der Waals surface area contributed by atoms with Crippen molar-refractivity contribution in [2.24, 2.45) is 0 Å². The van der Waals surface area contributed by atoms with Gasteiger partial charge in [0.1, 0.15) is 0 Å². The Labute approximate surface area is 294 Å². The summed E-state index contributed by atoms with van der Waals surface area (Å²) in [4.78, 5) is 17.3. The summed E-state index contributed by atoms with van der Waals surface area (Å²) in [6.07, 6.45) is 3.75. The van der Waals surface area contributed by atoms with Crippen LogP contribution in [0.3, 0.4) is 0 Å². The first-order chi connectivity index (χ1) is 25.3. The molecule has 7 aromatic carbocycles. The van der Waals surface area contributed by atoms with Crippen molar-refractivity contribution in [3.05, 3.63) is 182 Å². The van der Waals surface area contributed by atoms with E-state index >= 15 is 0 Å². The van der Waals surface area contributed by atoms with E-state index in [4.69, 9.17) is 15.0 Å². The van der Waals surface area contributed by atoms with E-state index in [-0.39, 0.29) is 0 Å². The van der Waals surface area contributed by atoms with Gasteiger partial charge in [0.2, 0.25) is 0 Å². The van der Waals surface area contributed by atoms with Gasteiger partial charge < -0.3 is 4.90 Å². The van der Waals surface area contributed by atoms with Crippen LogP contribution in [0.25, 0.3) is 76.6 Å². The summed E-state index contributed by atoms with van der Waals surface area (Å²) in [5.41, 5.74) is 10.4. The van der Waals surface area contributed by atoms with E-state index in [9.17, 15) is 0 Å². The topological polar surface area (TPSA) is 41.9 Å². The van der Waals surface area contributed by atoms with Gasteiger partial charge in [-0.3, -0.25) is 9.97 Å². The lowest BCUT2D eigenvalue weighted by Crippen LogP contribution is -2.09. The Kier molecular flexibility index (Phi) is 6.78. The van der Waals surface area contributed by atoms with E-state index in [2.05, 4.69) is 169 Å². The molecule has 10 rings (SSSR count). The van der Waals surface area contributed by atoms with Crippen LogP contribution in [0.2, 0.25) is 0 Å². The second-order valence-corrected chi connectivity index (χ2v) is 12.8. The van der Waals surface area contributed by atoms with Crippen molar-refractivity contribution in [3.63, 3.8) is 0 Å². The third-order valence-corrected chi connectivity index (χ3v) is 9.89. The lowest BCUT2D eigenvalue weighted by Gasteiger charge is -2.26. The van der Waals surface area contributed by atoms with Crippen molar-refractivity contribution in [1.29, 1.82) is 0 Å². The summed E-state index contributed by atoms with van der Waals surface area (Å²) >= 11 is 0. The maximum Gasteiger partial charge on any atom is 0.0970 e. The summed E-state index contributed by atoms with van der Waals surface area (Å²) in [5.74, 6) is 0. The second-order valence-electron chi connectivity index (χ2n) is 12.8. The lowest BCUT2D eigenvalue weighted by atomic mass is 9.90. The standard InChI is InChI=1S/C47H30N4/c1-4-12-31(13-5-1)45-41-25-22-33-30-36(51(34-15-6-2-7-16-34)35-17-8-3-9-18-35)23-26-37(33)43(41)44-39(19-10-20-42(44)50-45)38-27-29-49-47-40(38)24-21-32-14-11-28-48-46(32)47/h1-30H. The van der Waals surface area contributed by atoms with Gasteiger partial charge in [0.25, 0.3) is 0 Å². The number of hydrogen-bond acceptors (Lipinski definition) is 4. The third kappa shape index (κ3) is 4.80. The van der Waals surface area contributed by atoms with Crippen LogP contribution < -0.4 is 4.90 Å². The minimum absolute atomic E-state index is 0.900. The molecule has 0 aliphatic heterocycles. The SMILES string of the molecule is c1ccc(-c2nc3cccc(-c4ccnc5c4ccc4cccnc45)c3c3c2ccc2cc(N(c4ccccc4)c4ccccc4)ccc23)cc1. The number of fused-ring (bicyclic) bond motifs is 8. The number of aromatic nitrogens is 3. The summed E-state index contributed by atoms with van der Waals surface area (Å²) in [7, 11) is 0. The van der Waals surface area contributed by atoms with Crippen molar-refractivity contribution in [1.82, 2.24) is 15.0 Å². The monoisotopic (exact) mass is 650 g/mol. The largest absolute Gasteiger partial charge is 0.310 e. The first-order valence-electron chi connectivity index (χ1n) is 17.2. The fourth-order valence-electron chi connectivity index (χ4n) is 7.63. The van der Waals surface area contributed by atoms with Crippen LogP contribution in [0.15, 0.2) is 182 Å². The number of rotatable bonds is 5. The normalized spacial score (nSPS) is 11.5. The van der Waals surface area contributed by atoms with Crippen LogP contribution in [0.5, 0.6) is 0 Å². The average Bonchev–Trinajstić information content (AvgIpc) is 3.21. The molecule has 0 fully saturated rings. The van der Waals surface area contributed by atoms with Crippen LogP contribution in [-0.2, 0) is 0 Å². The molecule has 0 saturated heterocycles. The minimum atomic E-state index is 0.900. The summed E-state index contributed by atoms with van der Waals surface area (Å²) < 4.78 is 0. The number of nitrogens with zero attached hydrogens (tertiary/aromatic N) is 4. The first kappa shape index (κ1) is 29.0. The van der Waals surface area contributed by atoms with Crippen molar-refractivity contribution in [2.75, 3.05) is 4.90 Å². The molecule has 0 saturated carbocycles. The molecule has 0 amide bonds. The molecule has 0 spiro atoms. The highest BCUT2D eigenvalue weighted by Gasteiger charge is 2.19. The molecule has 238 valence electrons. The molecule has 0 aliphatic rings. The fourth-order valence-corrected chi connectivity index (χ4v) is 7.63.